The topological polar surface area (TPSA) is 65.5 Å². The van der Waals surface area contributed by atoms with E-state index in [4.69, 9.17) is 4.74 Å². The molecule has 144 valence electrons. The quantitative estimate of drug-likeness (QED) is 0.553. The van der Waals surface area contributed by atoms with Crippen molar-refractivity contribution in [2.45, 2.75) is 25.7 Å². The zero-order valence-electron chi connectivity index (χ0n) is 16.1. The Bertz CT molecular complexity index is 966. The van der Waals surface area contributed by atoms with Crippen LogP contribution in [0.15, 0.2) is 60.9 Å². The van der Waals surface area contributed by atoms with Crippen molar-refractivity contribution in [3.05, 3.63) is 72.1 Å². The summed E-state index contributed by atoms with van der Waals surface area (Å²) in [6.45, 7) is 1.87. The van der Waals surface area contributed by atoms with Crippen molar-refractivity contribution in [1.82, 2.24) is 4.98 Å². The first-order valence-corrected chi connectivity index (χ1v) is 9.25. The van der Waals surface area contributed by atoms with Crippen molar-refractivity contribution in [1.29, 1.82) is 0 Å². The maximum absolute atomic E-state index is 12.9. The molecule has 0 bridgehead atoms. The number of aromatic nitrogens is 1. The third-order valence-corrected chi connectivity index (χ3v) is 4.75. The molecule has 3 aromatic rings. The summed E-state index contributed by atoms with van der Waals surface area (Å²) in [4.78, 5) is 28.2. The summed E-state index contributed by atoms with van der Waals surface area (Å²) < 4.78 is 9.91. The summed E-state index contributed by atoms with van der Waals surface area (Å²) in [7, 11) is 1.32. The number of ketones is 1. The number of hydrogen-bond donors (Lipinski definition) is 0. The molecule has 1 heterocycles. The number of Topliss-reactive ketones (excluding diaryl/α,β-unsaturated/α-hetero) is 1. The molecule has 0 aliphatic carbocycles. The summed E-state index contributed by atoms with van der Waals surface area (Å²) in [6, 6.07) is 15.3. The van der Waals surface area contributed by atoms with E-state index in [-0.39, 0.29) is 18.3 Å². The lowest BCUT2D eigenvalue weighted by Crippen LogP contribution is -2.15. The van der Waals surface area contributed by atoms with Gasteiger partial charge in [0.1, 0.15) is 11.5 Å². The van der Waals surface area contributed by atoms with Crippen LogP contribution in [0.4, 0.5) is 0 Å². The Morgan fingerprint density at radius 1 is 1.04 bits per heavy atom. The number of esters is 1. The molecule has 0 aliphatic rings. The SMILES string of the molecule is CCC(C(=O)Cc1ccc2cnccc2c1)c1ccc(OCC(=O)OC)cc1. The molecular weight excluding hydrogens is 354 g/mol. The maximum Gasteiger partial charge on any atom is 0.343 e. The second kappa shape index (κ2) is 9.13. The van der Waals surface area contributed by atoms with E-state index in [1.807, 2.05) is 49.5 Å². The lowest BCUT2D eigenvalue weighted by atomic mass is 9.88. The highest BCUT2D eigenvalue weighted by molar-refractivity contribution is 5.89. The number of carbonyl (C=O) groups is 2. The second-order valence-electron chi connectivity index (χ2n) is 6.59. The van der Waals surface area contributed by atoms with Gasteiger partial charge in [-0.2, -0.15) is 0 Å². The first-order chi connectivity index (χ1) is 13.6. The van der Waals surface area contributed by atoms with Crippen molar-refractivity contribution in [2.75, 3.05) is 13.7 Å². The molecule has 0 aliphatic heterocycles. The lowest BCUT2D eigenvalue weighted by molar-refractivity contribution is -0.142. The first kappa shape index (κ1) is 19.5. The van der Waals surface area contributed by atoms with Crippen molar-refractivity contribution in [3.63, 3.8) is 0 Å². The normalized spacial score (nSPS) is 11.8. The van der Waals surface area contributed by atoms with Gasteiger partial charge in [0.2, 0.25) is 0 Å². The highest BCUT2D eigenvalue weighted by atomic mass is 16.6. The Balaban J connectivity index is 1.69. The van der Waals surface area contributed by atoms with Crippen LogP contribution in [0.5, 0.6) is 5.75 Å². The van der Waals surface area contributed by atoms with E-state index in [1.165, 1.54) is 7.11 Å². The molecule has 28 heavy (non-hydrogen) atoms. The molecule has 2 aromatic carbocycles. The Morgan fingerprint density at radius 3 is 2.54 bits per heavy atom. The van der Waals surface area contributed by atoms with E-state index in [1.54, 1.807) is 18.3 Å². The molecule has 1 unspecified atom stereocenters. The molecule has 0 saturated heterocycles. The minimum Gasteiger partial charge on any atom is -0.482 e. The Labute approximate surface area is 164 Å². The zero-order valence-corrected chi connectivity index (χ0v) is 16.1. The Morgan fingerprint density at radius 2 is 1.82 bits per heavy atom. The maximum atomic E-state index is 12.9. The fraction of sp³-hybridized carbons (Fsp3) is 0.261. The van der Waals surface area contributed by atoms with Crippen LogP contribution in [0.1, 0.15) is 30.4 Å². The van der Waals surface area contributed by atoms with Crippen LogP contribution in [0.2, 0.25) is 0 Å². The zero-order chi connectivity index (χ0) is 19.9. The molecule has 0 amide bonds. The third-order valence-electron chi connectivity index (χ3n) is 4.75. The van der Waals surface area contributed by atoms with Gasteiger partial charge in [0.15, 0.2) is 6.61 Å². The van der Waals surface area contributed by atoms with Crippen molar-refractivity contribution < 1.29 is 19.1 Å². The second-order valence-corrected chi connectivity index (χ2v) is 6.59. The number of nitrogens with zero attached hydrogens (tertiary/aromatic N) is 1. The molecule has 5 heteroatoms. The van der Waals surface area contributed by atoms with Crippen LogP contribution < -0.4 is 4.74 Å². The predicted molar refractivity (Wildman–Crippen MR) is 107 cm³/mol. The molecule has 1 atom stereocenters. The molecule has 3 rings (SSSR count). The average Bonchev–Trinajstić information content (AvgIpc) is 2.73. The van der Waals surface area contributed by atoms with Gasteiger partial charge in [-0.15, -0.1) is 0 Å². The van der Waals surface area contributed by atoms with Gasteiger partial charge in [-0.25, -0.2) is 4.79 Å². The van der Waals surface area contributed by atoms with Crippen LogP contribution >= 0.6 is 0 Å². The van der Waals surface area contributed by atoms with Gasteiger partial charge < -0.3 is 9.47 Å². The highest BCUT2D eigenvalue weighted by Gasteiger charge is 2.19. The Kier molecular flexibility index (Phi) is 6.37. The van der Waals surface area contributed by atoms with Crippen molar-refractivity contribution >= 4 is 22.5 Å². The number of hydrogen-bond acceptors (Lipinski definition) is 5. The van der Waals surface area contributed by atoms with Gasteiger partial charge in [0.05, 0.1) is 7.11 Å². The number of rotatable bonds is 8. The van der Waals surface area contributed by atoms with Gasteiger partial charge in [0.25, 0.3) is 0 Å². The highest BCUT2D eigenvalue weighted by Crippen LogP contribution is 2.25. The molecule has 1 aromatic heterocycles. The largest absolute Gasteiger partial charge is 0.482 e. The van der Waals surface area contributed by atoms with E-state index in [2.05, 4.69) is 9.72 Å². The predicted octanol–water partition coefficient (Wildman–Crippen LogP) is 4.09. The molecule has 0 radical (unpaired) electrons. The summed E-state index contributed by atoms with van der Waals surface area (Å²) in [5, 5.41) is 2.15. The fourth-order valence-corrected chi connectivity index (χ4v) is 3.21. The van der Waals surface area contributed by atoms with E-state index >= 15 is 0 Å². The van der Waals surface area contributed by atoms with E-state index in [0.29, 0.717) is 12.2 Å². The molecule has 0 fully saturated rings. The fourth-order valence-electron chi connectivity index (χ4n) is 3.21. The Hall–Kier alpha value is -3.21. The number of pyridine rings is 1. The van der Waals surface area contributed by atoms with Gasteiger partial charge in [-0.05, 0) is 41.1 Å². The van der Waals surface area contributed by atoms with Crippen LogP contribution in [0, 0.1) is 0 Å². The summed E-state index contributed by atoms with van der Waals surface area (Å²) >= 11 is 0. The summed E-state index contributed by atoms with van der Waals surface area (Å²) in [5.41, 5.74) is 1.95. The smallest absolute Gasteiger partial charge is 0.343 e. The van der Waals surface area contributed by atoms with Crippen molar-refractivity contribution in [2.24, 2.45) is 0 Å². The molecule has 0 spiro atoms. The van der Waals surface area contributed by atoms with Gasteiger partial charge >= 0.3 is 5.97 Å². The number of methoxy groups -OCH3 is 1. The van der Waals surface area contributed by atoms with Crippen molar-refractivity contribution in [3.8, 4) is 5.75 Å². The van der Waals surface area contributed by atoms with E-state index in [0.717, 1.165) is 28.3 Å². The molecule has 5 nitrogen and oxygen atoms in total. The average molecular weight is 377 g/mol. The molecule has 0 saturated carbocycles. The number of carbonyl (C=O) groups excluding carboxylic acids is 2. The minimum atomic E-state index is -0.433. The molecule has 0 N–H and O–H groups in total. The van der Waals surface area contributed by atoms with Gasteiger partial charge in [0, 0.05) is 30.1 Å². The van der Waals surface area contributed by atoms with E-state index in [9.17, 15) is 9.59 Å². The number of ether oxygens (including phenoxy) is 2. The van der Waals surface area contributed by atoms with Crippen LogP contribution in [-0.4, -0.2) is 30.5 Å². The number of benzene rings is 2. The molecular formula is C23H23NO4. The summed E-state index contributed by atoms with van der Waals surface area (Å²) in [5.74, 6) is 0.137. The lowest BCUT2D eigenvalue weighted by Gasteiger charge is -2.15. The van der Waals surface area contributed by atoms with Crippen LogP contribution in [0.25, 0.3) is 10.8 Å². The number of fused-ring (bicyclic) bond motifs is 1. The summed E-state index contributed by atoms with van der Waals surface area (Å²) in [6.07, 6.45) is 4.68. The first-order valence-electron chi connectivity index (χ1n) is 9.25. The monoisotopic (exact) mass is 377 g/mol. The van der Waals surface area contributed by atoms with E-state index < -0.39 is 5.97 Å². The minimum absolute atomic E-state index is 0.135. The van der Waals surface area contributed by atoms with Crippen LogP contribution in [-0.2, 0) is 20.7 Å². The van der Waals surface area contributed by atoms with Crippen LogP contribution in [0.3, 0.4) is 0 Å². The standard InChI is InChI=1S/C23H23NO4/c1-3-21(17-6-8-20(9-7-17)28-15-23(26)27-2)22(25)13-16-4-5-19-14-24-11-10-18(19)12-16/h4-12,14,21H,3,13,15H2,1-2H3. The van der Waals surface area contributed by atoms with Gasteiger partial charge in [-0.1, -0.05) is 37.3 Å². The van der Waals surface area contributed by atoms with Gasteiger partial charge in [-0.3, -0.25) is 9.78 Å². The third kappa shape index (κ3) is 4.74.